The fourth-order valence-electron chi connectivity index (χ4n) is 3.81. The highest BCUT2D eigenvalue weighted by molar-refractivity contribution is 5.75. The Bertz CT molecular complexity index is 512. The second-order valence-corrected chi connectivity index (χ2v) is 6.60. The third-order valence-corrected chi connectivity index (χ3v) is 5.41. The van der Waals surface area contributed by atoms with Crippen LogP contribution >= 0.6 is 0 Å². The van der Waals surface area contributed by atoms with E-state index in [1.807, 2.05) is 30.0 Å². The molecule has 1 atom stereocenters. The van der Waals surface area contributed by atoms with E-state index in [0.29, 0.717) is 24.8 Å². The minimum Gasteiger partial charge on any atom is -0.477 e. The van der Waals surface area contributed by atoms with Crippen LogP contribution in [0.5, 0.6) is 5.88 Å². The van der Waals surface area contributed by atoms with E-state index in [4.69, 9.17) is 9.47 Å². The molecule has 0 aromatic carbocycles. The zero-order valence-corrected chi connectivity index (χ0v) is 13.9. The highest BCUT2D eigenvalue weighted by atomic mass is 16.5. The van der Waals surface area contributed by atoms with Gasteiger partial charge in [0.2, 0.25) is 11.8 Å². The lowest BCUT2D eigenvalue weighted by molar-refractivity contribution is -0.137. The van der Waals surface area contributed by atoms with E-state index >= 15 is 0 Å². The van der Waals surface area contributed by atoms with Gasteiger partial charge in [-0.3, -0.25) is 4.79 Å². The summed E-state index contributed by atoms with van der Waals surface area (Å²) in [6, 6.07) is 5.71. The van der Waals surface area contributed by atoms with Crippen LogP contribution in [-0.2, 0) is 9.53 Å². The average Bonchev–Trinajstić information content (AvgIpc) is 2.62. The quantitative estimate of drug-likeness (QED) is 0.856. The summed E-state index contributed by atoms with van der Waals surface area (Å²) in [5.74, 6) is 1.32. The molecule has 3 heterocycles. The van der Waals surface area contributed by atoms with Crippen LogP contribution in [0.3, 0.4) is 0 Å². The molecule has 5 nitrogen and oxygen atoms in total. The largest absolute Gasteiger partial charge is 0.477 e. The van der Waals surface area contributed by atoms with Crippen LogP contribution in [-0.4, -0.2) is 48.7 Å². The first-order valence-corrected chi connectivity index (χ1v) is 8.63. The predicted molar refractivity (Wildman–Crippen MR) is 87.2 cm³/mol. The normalized spacial score (nSPS) is 23.7. The van der Waals surface area contributed by atoms with Crippen LogP contribution in [0, 0.1) is 11.3 Å². The van der Waals surface area contributed by atoms with E-state index in [0.717, 1.165) is 45.6 Å². The van der Waals surface area contributed by atoms with Gasteiger partial charge in [-0.2, -0.15) is 0 Å². The summed E-state index contributed by atoms with van der Waals surface area (Å²) in [4.78, 5) is 18.1. The number of aromatic nitrogens is 1. The average molecular weight is 318 g/mol. The summed E-state index contributed by atoms with van der Waals surface area (Å²) >= 11 is 0. The Balaban J connectivity index is 1.61. The molecule has 0 radical (unpaired) electrons. The van der Waals surface area contributed by atoms with Gasteiger partial charge < -0.3 is 14.4 Å². The van der Waals surface area contributed by atoms with E-state index in [1.54, 1.807) is 6.20 Å². The van der Waals surface area contributed by atoms with Crippen LogP contribution in [0.2, 0.25) is 0 Å². The molecule has 0 unspecified atom stereocenters. The summed E-state index contributed by atoms with van der Waals surface area (Å²) in [6.07, 6.45) is 5.52. The first-order valence-electron chi connectivity index (χ1n) is 8.63. The molecule has 126 valence electrons. The minimum atomic E-state index is 0.248. The molecule has 3 rings (SSSR count). The molecule has 1 aromatic rings. The fraction of sp³-hybridized carbons (Fsp3) is 0.667. The smallest absolute Gasteiger partial charge is 0.222 e. The Morgan fingerprint density at radius 3 is 2.91 bits per heavy atom. The molecule has 1 amide bonds. The number of carbonyl (C=O) groups excluding carboxylic acids is 1. The first kappa shape index (κ1) is 16.2. The maximum Gasteiger partial charge on any atom is 0.222 e. The van der Waals surface area contributed by atoms with Crippen molar-refractivity contribution in [2.24, 2.45) is 11.3 Å². The predicted octanol–water partition coefficient (Wildman–Crippen LogP) is 2.52. The number of ether oxygens (including phenoxy) is 2. The van der Waals surface area contributed by atoms with Gasteiger partial charge >= 0.3 is 0 Å². The van der Waals surface area contributed by atoms with Gasteiger partial charge in [0.05, 0.1) is 13.2 Å². The van der Waals surface area contributed by atoms with Crippen molar-refractivity contribution < 1.29 is 14.3 Å². The molecule has 2 fully saturated rings. The Hall–Kier alpha value is -1.62. The van der Waals surface area contributed by atoms with Gasteiger partial charge in [0.15, 0.2) is 0 Å². The standard InChI is InChI=1S/C18H26N2O3/c1-2-17(21)20-10-6-18(7-11-20)8-12-22-13-15(18)14-23-16-5-3-4-9-19-16/h3-5,9,15H,2,6-8,10-14H2,1H3/t15-/m1/s1. The molecule has 2 aliphatic heterocycles. The van der Waals surface area contributed by atoms with Crippen molar-refractivity contribution in [2.75, 3.05) is 32.9 Å². The maximum atomic E-state index is 11.9. The van der Waals surface area contributed by atoms with Crippen molar-refractivity contribution in [1.82, 2.24) is 9.88 Å². The van der Waals surface area contributed by atoms with Gasteiger partial charge in [-0.05, 0) is 30.7 Å². The zero-order chi connectivity index (χ0) is 16.1. The Morgan fingerprint density at radius 2 is 2.22 bits per heavy atom. The van der Waals surface area contributed by atoms with Crippen LogP contribution in [0.25, 0.3) is 0 Å². The number of rotatable bonds is 4. The summed E-state index contributed by atoms with van der Waals surface area (Å²) in [5, 5.41) is 0. The van der Waals surface area contributed by atoms with Gasteiger partial charge in [-0.25, -0.2) is 4.98 Å². The lowest BCUT2D eigenvalue weighted by Gasteiger charge is -2.48. The highest BCUT2D eigenvalue weighted by Gasteiger charge is 2.44. The summed E-state index contributed by atoms with van der Waals surface area (Å²) in [5.41, 5.74) is 0.248. The van der Waals surface area contributed by atoms with Crippen molar-refractivity contribution in [3.63, 3.8) is 0 Å². The molecular weight excluding hydrogens is 292 g/mol. The molecular formula is C18H26N2O3. The fourth-order valence-corrected chi connectivity index (χ4v) is 3.81. The maximum absolute atomic E-state index is 11.9. The molecule has 1 spiro atoms. The number of carbonyl (C=O) groups is 1. The van der Waals surface area contributed by atoms with Crippen LogP contribution in [0.1, 0.15) is 32.6 Å². The molecule has 0 aliphatic carbocycles. The SMILES string of the molecule is CCC(=O)N1CCC2(CCOC[C@@H]2COc2ccccn2)CC1. The number of pyridine rings is 1. The minimum absolute atomic E-state index is 0.248. The third kappa shape index (κ3) is 3.66. The zero-order valence-electron chi connectivity index (χ0n) is 13.9. The molecule has 23 heavy (non-hydrogen) atoms. The van der Waals surface area contributed by atoms with Gasteiger partial charge in [-0.15, -0.1) is 0 Å². The molecule has 5 heteroatoms. The van der Waals surface area contributed by atoms with E-state index in [1.165, 1.54) is 0 Å². The van der Waals surface area contributed by atoms with Crippen molar-refractivity contribution in [3.8, 4) is 5.88 Å². The van der Waals surface area contributed by atoms with E-state index in [9.17, 15) is 4.79 Å². The molecule has 0 N–H and O–H groups in total. The van der Waals surface area contributed by atoms with E-state index in [2.05, 4.69) is 4.98 Å². The Morgan fingerprint density at radius 1 is 1.39 bits per heavy atom. The van der Waals surface area contributed by atoms with Gasteiger partial charge in [0.1, 0.15) is 0 Å². The second kappa shape index (κ2) is 7.30. The number of likely N-dealkylation sites (tertiary alicyclic amines) is 1. The number of nitrogens with zero attached hydrogens (tertiary/aromatic N) is 2. The van der Waals surface area contributed by atoms with Crippen molar-refractivity contribution in [2.45, 2.75) is 32.6 Å². The monoisotopic (exact) mass is 318 g/mol. The number of amides is 1. The van der Waals surface area contributed by atoms with Crippen molar-refractivity contribution in [1.29, 1.82) is 0 Å². The van der Waals surface area contributed by atoms with Crippen molar-refractivity contribution in [3.05, 3.63) is 24.4 Å². The number of hydrogen-bond donors (Lipinski definition) is 0. The molecule has 2 aliphatic rings. The Labute approximate surface area is 138 Å². The lowest BCUT2D eigenvalue weighted by Crippen LogP contribution is -2.50. The third-order valence-electron chi connectivity index (χ3n) is 5.41. The molecule has 0 bridgehead atoms. The highest BCUT2D eigenvalue weighted by Crippen LogP contribution is 2.44. The topological polar surface area (TPSA) is 51.7 Å². The molecule has 1 aromatic heterocycles. The molecule has 2 saturated heterocycles. The second-order valence-electron chi connectivity index (χ2n) is 6.60. The van der Waals surface area contributed by atoms with E-state index < -0.39 is 0 Å². The number of piperidine rings is 1. The first-order chi connectivity index (χ1) is 11.2. The van der Waals surface area contributed by atoms with Gasteiger partial charge in [0.25, 0.3) is 0 Å². The van der Waals surface area contributed by atoms with Gasteiger partial charge in [-0.1, -0.05) is 13.0 Å². The summed E-state index contributed by atoms with van der Waals surface area (Å²) < 4.78 is 11.6. The summed E-state index contributed by atoms with van der Waals surface area (Å²) in [6.45, 7) is 5.87. The summed E-state index contributed by atoms with van der Waals surface area (Å²) in [7, 11) is 0. The van der Waals surface area contributed by atoms with Crippen LogP contribution in [0.15, 0.2) is 24.4 Å². The molecule has 0 saturated carbocycles. The van der Waals surface area contributed by atoms with Crippen molar-refractivity contribution >= 4 is 5.91 Å². The van der Waals surface area contributed by atoms with Crippen LogP contribution in [0.4, 0.5) is 0 Å². The van der Waals surface area contributed by atoms with Gasteiger partial charge in [0, 0.05) is 44.3 Å². The number of hydrogen-bond acceptors (Lipinski definition) is 4. The lowest BCUT2D eigenvalue weighted by atomic mass is 9.66. The van der Waals surface area contributed by atoms with Crippen LogP contribution < -0.4 is 4.74 Å². The Kier molecular flexibility index (Phi) is 5.16. The van der Waals surface area contributed by atoms with E-state index in [-0.39, 0.29) is 11.3 Å².